The summed E-state index contributed by atoms with van der Waals surface area (Å²) in [7, 11) is 0. The number of carbonyl (C=O) groups excluding carboxylic acids is 3. The molecule has 3 heterocycles. The molecule has 6 nitrogen and oxygen atoms in total. The maximum atomic E-state index is 13.5. The number of hydrogen-bond acceptors (Lipinski definition) is 5. The van der Waals surface area contributed by atoms with Crippen LogP contribution in [0.25, 0.3) is 0 Å². The van der Waals surface area contributed by atoms with Crippen molar-refractivity contribution in [3.05, 3.63) is 65.7 Å². The van der Waals surface area contributed by atoms with Gasteiger partial charge in [-0.1, -0.05) is 42.5 Å². The predicted molar refractivity (Wildman–Crippen MR) is 106 cm³/mol. The van der Waals surface area contributed by atoms with Gasteiger partial charge in [0.25, 0.3) is 0 Å². The topological polar surface area (TPSA) is 66.9 Å². The molecule has 2 aromatic rings. The van der Waals surface area contributed by atoms with E-state index in [1.54, 1.807) is 31.2 Å². The lowest BCUT2D eigenvalue weighted by atomic mass is 9.83. The second kappa shape index (κ2) is 6.81. The molecule has 0 N–H and O–H groups in total. The molecule has 3 aliphatic heterocycles. The summed E-state index contributed by atoms with van der Waals surface area (Å²) in [6.07, 6.45) is 0.785. The van der Waals surface area contributed by atoms with Crippen molar-refractivity contribution in [2.24, 2.45) is 11.8 Å². The van der Waals surface area contributed by atoms with E-state index in [1.807, 2.05) is 29.2 Å². The van der Waals surface area contributed by atoms with E-state index in [0.29, 0.717) is 12.2 Å². The molecule has 0 aliphatic carbocycles. The van der Waals surface area contributed by atoms with Gasteiger partial charge in [-0.25, -0.2) is 4.90 Å². The summed E-state index contributed by atoms with van der Waals surface area (Å²) in [6.45, 7) is 2.63. The SMILES string of the molecule is CCOC(=O)C1C2C(=O)N(c3ccccc3)C(=O)C2C2c3ccccc3CCN12. The largest absolute Gasteiger partial charge is 0.465 e. The highest BCUT2D eigenvalue weighted by Gasteiger charge is 2.65. The van der Waals surface area contributed by atoms with Gasteiger partial charge in [-0.15, -0.1) is 0 Å². The Balaban J connectivity index is 1.63. The van der Waals surface area contributed by atoms with Crippen LogP contribution in [0, 0.1) is 11.8 Å². The molecule has 4 unspecified atom stereocenters. The molecule has 2 fully saturated rings. The van der Waals surface area contributed by atoms with Crippen molar-refractivity contribution in [1.82, 2.24) is 4.90 Å². The van der Waals surface area contributed by atoms with Crippen LogP contribution in [0.3, 0.4) is 0 Å². The Labute approximate surface area is 169 Å². The van der Waals surface area contributed by atoms with Gasteiger partial charge in [-0.2, -0.15) is 0 Å². The standard InChI is InChI=1S/C23H22N2O4/c1-2-29-23(28)20-18-17(19-16-11-7-6-8-14(16)12-13-24(19)20)21(26)25(22(18)27)15-9-4-3-5-10-15/h3-11,17-20H,2,12-13H2,1H3. The fraction of sp³-hybridized carbons (Fsp3) is 0.348. The van der Waals surface area contributed by atoms with E-state index >= 15 is 0 Å². The van der Waals surface area contributed by atoms with Crippen molar-refractivity contribution >= 4 is 23.5 Å². The Bertz CT molecular complexity index is 989. The summed E-state index contributed by atoms with van der Waals surface area (Å²) in [6, 6.07) is 15.9. The lowest BCUT2D eigenvalue weighted by Crippen LogP contribution is -2.48. The maximum absolute atomic E-state index is 13.5. The van der Waals surface area contributed by atoms with Crippen molar-refractivity contribution in [3.63, 3.8) is 0 Å². The molecule has 0 saturated carbocycles. The second-order valence-electron chi connectivity index (χ2n) is 7.73. The summed E-state index contributed by atoms with van der Waals surface area (Å²) in [5.74, 6) is -2.27. The fourth-order valence-corrected chi connectivity index (χ4v) is 5.25. The van der Waals surface area contributed by atoms with Gasteiger partial charge >= 0.3 is 5.97 Å². The van der Waals surface area contributed by atoms with Gasteiger partial charge in [0, 0.05) is 12.6 Å². The van der Waals surface area contributed by atoms with Gasteiger partial charge in [0.05, 0.1) is 24.1 Å². The zero-order valence-corrected chi connectivity index (χ0v) is 16.2. The zero-order chi connectivity index (χ0) is 20.1. The molecular weight excluding hydrogens is 368 g/mol. The molecule has 3 aliphatic rings. The van der Waals surface area contributed by atoms with Crippen LogP contribution in [-0.2, 0) is 25.5 Å². The minimum Gasteiger partial charge on any atom is -0.465 e. The summed E-state index contributed by atoms with van der Waals surface area (Å²) in [4.78, 5) is 43.1. The van der Waals surface area contributed by atoms with E-state index in [2.05, 4.69) is 6.07 Å². The number of hydrogen-bond donors (Lipinski definition) is 0. The minimum absolute atomic E-state index is 0.232. The first-order valence-electron chi connectivity index (χ1n) is 10.1. The molecule has 5 rings (SSSR count). The minimum atomic E-state index is -0.733. The summed E-state index contributed by atoms with van der Waals surface area (Å²) in [5, 5.41) is 0. The number of para-hydroxylation sites is 1. The lowest BCUT2D eigenvalue weighted by molar-refractivity contribution is -0.152. The first kappa shape index (κ1) is 18.1. The van der Waals surface area contributed by atoms with Crippen LogP contribution in [0.5, 0.6) is 0 Å². The van der Waals surface area contributed by atoms with Crippen LogP contribution in [-0.4, -0.2) is 41.9 Å². The van der Waals surface area contributed by atoms with Crippen LogP contribution in [0.1, 0.15) is 24.1 Å². The molecule has 0 radical (unpaired) electrons. The Hall–Kier alpha value is -2.99. The van der Waals surface area contributed by atoms with Crippen molar-refractivity contribution in [1.29, 1.82) is 0 Å². The normalized spacial score (nSPS) is 28.1. The predicted octanol–water partition coefficient (Wildman–Crippen LogP) is 2.34. The van der Waals surface area contributed by atoms with Gasteiger partial charge in [0.2, 0.25) is 11.8 Å². The number of rotatable bonds is 3. The van der Waals surface area contributed by atoms with E-state index in [-0.39, 0.29) is 24.5 Å². The van der Waals surface area contributed by atoms with Crippen molar-refractivity contribution < 1.29 is 19.1 Å². The number of anilines is 1. The molecule has 0 bridgehead atoms. The maximum Gasteiger partial charge on any atom is 0.324 e. The van der Waals surface area contributed by atoms with Crippen LogP contribution in [0.2, 0.25) is 0 Å². The van der Waals surface area contributed by atoms with E-state index in [0.717, 1.165) is 12.0 Å². The van der Waals surface area contributed by atoms with E-state index < -0.39 is 23.8 Å². The highest BCUT2D eigenvalue weighted by atomic mass is 16.5. The summed E-state index contributed by atoms with van der Waals surface area (Å²) < 4.78 is 5.33. The van der Waals surface area contributed by atoms with Crippen molar-refractivity contribution in [3.8, 4) is 0 Å². The molecule has 6 heteroatoms. The average Bonchev–Trinajstić information content (AvgIpc) is 3.22. The number of fused-ring (bicyclic) bond motifs is 5. The molecule has 0 aromatic heterocycles. The van der Waals surface area contributed by atoms with Gasteiger partial charge in [-0.3, -0.25) is 19.3 Å². The van der Waals surface area contributed by atoms with E-state index in [4.69, 9.17) is 4.74 Å². The third kappa shape index (κ3) is 2.55. The Morgan fingerprint density at radius 3 is 2.45 bits per heavy atom. The number of nitrogens with zero attached hydrogens (tertiary/aromatic N) is 2. The second-order valence-corrected chi connectivity index (χ2v) is 7.73. The van der Waals surface area contributed by atoms with Gasteiger partial charge in [0.15, 0.2) is 0 Å². The quantitative estimate of drug-likeness (QED) is 0.595. The first-order chi connectivity index (χ1) is 14.1. The smallest absolute Gasteiger partial charge is 0.324 e. The molecule has 4 atom stereocenters. The van der Waals surface area contributed by atoms with Crippen molar-refractivity contribution in [2.45, 2.75) is 25.4 Å². The lowest BCUT2D eigenvalue weighted by Gasteiger charge is -2.37. The van der Waals surface area contributed by atoms with Gasteiger partial charge in [-0.05, 0) is 36.6 Å². The zero-order valence-electron chi connectivity index (χ0n) is 16.2. The highest BCUT2D eigenvalue weighted by molar-refractivity contribution is 6.23. The van der Waals surface area contributed by atoms with Crippen LogP contribution < -0.4 is 4.90 Å². The molecule has 0 spiro atoms. The summed E-state index contributed by atoms with van der Waals surface area (Å²) >= 11 is 0. The van der Waals surface area contributed by atoms with Crippen LogP contribution in [0.4, 0.5) is 5.69 Å². The molecule has 2 amide bonds. The first-order valence-corrected chi connectivity index (χ1v) is 10.1. The summed E-state index contributed by atoms with van der Waals surface area (Å²) in [5.41, 5.74) is 2.77. The third-order valence-electron chi connectivity index (χ3n) is 6.35. The molecular formula is C23H22N2O4. The molecule has 2 saturated heterocycles. The van der Waals surface area contributed by atoms with Gasteiger partial charge < -0.3 is 4.74 Å². The Morgan fingerprint density at radius 1 is 1.00 bits per heavy atom. The van der Waals surface area contributed by atoms with Gasteiger partial charge in [0.1, 0.15) is 6.04 Å². The number of carbonyl (C=O) groups is 3. The van der Waals surface area contributed by atoms with Crippen molar-refractivity contribution in [2.75, 3.05) is 18.1 Å². The molecule has 29 heavy (non-hydrogen) atoms. The fourth-order valence-electron chi connectivity index (χ4n) is 5.25. The van der Waals surface area contributed by atoms with E-state index in [9.17, 15) is 14.4 Å². The Kier molecular flexibility index (Phi) is 4.24. The number of benzene rings is 2. The van der Waals surface area contributed by atoms with E-state index in [1.165, 1.54) is 10.5 Å². The molecule has 148 valence electrons. The average molecular weight is 390 g/mol. The monoisotopic (exact) mass is 390 g/mol. The molecule has 2 aromatic carbocycles. The van der Waals surface area contributed by atoms with Crippen LogP contribution >= 0.6 is 0 Å². The number of imide groups is 1. The third-order valence-corrected chi connectivity index (χ3v) is 6.35. The highest BCUT2D eigenvalue weighted by Crippen LogP contribution is 2.53. The number of amides is 2. The number of esters is 1. The van der Waals surface area contributed by atoms with Crippen LogP contribution in [0.15, 0.2) is 54.6 Å². The number of ether oxygens (including phenoxy) is 1. The Morgan fingerprint density at radius 2 is 1.69 bits per heavy atom.